The van der Waals surface area contributed by atoms with Crippen LogP contribution in [0.3, 0.4) is 0 Å². The lowest BCUT2D eigenvalue weighted by Gasteiger charge is -2.16. The summed E-state index contributed by atoms with van der Waals surface area (Å²) in [5, 5.41) is 4.85. The van der Waals surface area contributed by atoms with Crippen molar-refractivity contribution >= 4 is 23.3 Å². The minimum atomic E-state index is -4.73. The second-order valence-corrected chi connectivity index (χ2v) is 6.68. The third-order valence-electron chi connectivity index (χ3n) is 4.46. The summed E-state index contributed by atoms with van der Waals surface area (Å²) in [6.45, 7) is 3.15. The van der Waals surface area contributed by atoms with E-state index in [0.717, 1.165) is 5.56 Å². The molecule has 7 nitrogen and oxygen atoms in total. The van der Waals surface area contributed by atoms with Crippen LogP contribution in [0.4, 0.5) is 29.5 Å². The normalized spacial score (nSPS) is 14.4. The highest BCUT2D eigenvalue weighted by Gasteiger charge is 2.33. The van der Waals surface area contributed by atoms with Gasteiger partial charge in [0, 0.05) is 18.5 Å². The van der Waals surface area contributed by atoms with E-state index in [1.807, 2.05) is 5.32 Å². The predicted octanol–water partition coefficient (Wildman–Crippen LogP) is 4.41. The first-order valence-electron chi connectivity index (χ1n) is 9.25. The molecule has 1 aliphatic carbocycles. The number of hydrogen-bond donors (Lipinski definition) is 2. The Morgan fingerprint density at radius 2 is 1.81 bits per heavy atom. The summed E-state index contributed by atoms with van der Waals surface area (Å²) in [5.41, 5.74) is -0.540. The zero-order valence-electron chi connectivity index (χ0n) is 16.5. The molecule has 0 fully saturated rings. The Hall–Kier alpha value is -3.50. The van der Waals surface area contributed by atoms with E-state index in [4.69, 9.17) is 4.74 Å². The van der Waals surface area contributed by atoms with E-state index in [2.05, 4.69) is 26.8 Å². The minimum absolute atomic E-state index is 0.0545. The Labute approximate surface area is 175 Å². The number of benzene rings is 1. The summed E-state index contributed by atoms with van der Waals surface area (Å²) in [6.07, 6.45) is -4.10. The maximum absolute atomic E-state index is 14.3. The Bertz CT molecular complexity index is 1020. The summed E-state index contributed by atoms with van der Waals surface area (Å²) in [6, 6.07) is 7.04. The van der Waals surface area contributed by atoms with Crippen molar-refractivity contribution in [2.75, 3.05) is 17.7 Å². The van der Waals surface area contributed by atoms with Crippen LogP contribution >= 0.6 is 0 Å². The molecule has 1 aromatic heterocycles. The second kappa shape index (κ2) is 9.11. The molecular formula is C20H19F4N5O2. The van der Waals surface area contributed by atoms with Crippen LogP contribution in [0.1, 0.15) is 30.7 Å². The third kappa shape index (κ3) is 5.56. The Morgan fingerprint density at radius 3 is 2.45 bits per heavy atom. The van der Waals surface area contributed by atoms with Gasteiger partial charge < -0.3 is 15.4 Å². The third-order valence-corrected chi connectivity index (χ3v) is 4.46. The highest BCUT2D eigenvalue weighted by Crippen LogP contribution is 2.31. The molecule has 11 heteroatoms. The lowest BCUT2D eigenvalue weighted by atomic mass is 9.97. The SMILES string of the molecule is C=C(Nc1nc(NCc2ccc(OC)cc2)nc(C2=C(F)C(=O)CCC2)n1)C(F)(F)F. The number of nitrogens with zero attached hydrogens (tertiary/aromatic N) is 3. The summed E-state index contributed by atoms with van der Waals surface area (Å²) < 4.78 is 58.0. The molecule has 0 amide bonds. The number of alkyl halides is 3. The molecule has 3 rings (SSSR count). The molecule has 0 bridgehead atoms. The molecule has 2 aromatic rings. The lowest BCUT2D eigenvalue weighted by Crippen LogP contribution is -2.20. The van der Waals surface area contributed by atoms with Gasteiger partial charge in [-0.2, -0.15) is 28.1 Å². The molecule has 0 unspecified atom stereocenters. The molecule has 0 spiro atoms. The van der Waals surface area contributed by atoms with Crippen molar-refractivity contribution in [1.29, 1.82) is 0 Å². The molecule has 1 aliphatic rings. The first kappa shape index (κ1) is 22.2. The number of hydrogen-bond acceptors (Lipinski definition) is 7. The van der Waals surface area contributed by atoms with Gasteiger partial charge in [0.2, 0.25) is 11.9 Å². The largest absolute Gasteiger partial charge is 0.497 e. The molecule has 0 saturated carbocycles. The van der Waals surface area contributed by atoms with Crippen molar-refractivity contribution in [1.82, 2.24) is 15.0 Å². The number of carbonyl (C=O) groups excluding carboxylic acids is 1. The molecule has 1 heterocycles. The van der Waals surface area contributed by atoms with E-state index in [1.54, 1.807) is 24.3 Å². The van der Waals surface area contributed by atoms with Crippen molar-refractivity contribution < 1.29 is 27.1 Å². The number of halogens is 4. The first-order valence-corrected chi connectivity index (χ1v) is 9.25. The number of allylic oxidation sites excluding steroid dienone is 3. The van der Waals surface area contributed by atoms with Gasteiger partial charge in [-0.05, 0) is 30.5 Å². The Kier molecular flexibility index (Phi) is 6.52. The van der Waals surface area contributed by atoms with Crippen LogP contribution in [0.15, 0.2) is 42.4 Å². The molecule has 1 aromatic carbocycles. The van der Waals surface area contributed by atoms with Gasteiger partial charge >= 0.3 is 6.18 Å². The van der Waals surface area contributed by atoms with Crippen LogP contribution < -0.4 is 15.4 Å². The summed E-state index contributed by atoms with van der Waals surface area (Å²) >= 11 is 0. The van der Waals surface area contributed by atoms with Gasteiger partial charge in [-0.3, -0.25) is 4.79 Å². The number of rotatable bonds is 7. The fourth-order valence-corrected chi connectivity index (χ4v) is 2.80. The number of carbonyl (C=O) groups is 1. The van der Waals surface area contributed by atoms with Gasteiger partial charge in [-0.1, -0.05) is 18.7 Å². The summed E-state index contributed by atoms with van der Waals surface area (Å²) in [7, 11) is 1.53. The summed E-state index contributed by atoms with van der Waals surface area (Å²) in [5.74, 6) is -1.79. The van der Waals surface area contributed by atoms with Crippen molar-refractivity contribution in [2.24, 2.45) is 0 Å². The van der Waals surface area contributed by atoms with E-state index in [0.29, 0.717) is 12.2 Å². The Morgan fingerprint density at radius 1 is 1.13 bits per heavy atom. The second-order valence-electron chi connectivity index (χ2n) is 6.68. The highest BCUT2D eigenvalue weighted by molar-refractivity contribution is 6.01. The number of aromatic nitrogens is 3. The zero-order chi connectivity index (χ0) is 22.6. The van der Waals surface area contributed by atoms with Gasteiger partial charge in [0.05, 0.1) is 7.11 Å². The van der Waals surface area contributed by atoms with Gasteiger partial charge in [0.25, 0.3) is 0 Å². The molecule has 2 N–H and O–H groups in total. The van der Waals surface area contributed by atoms with Gasteiger partial charge in [0.1, 0.15) is 11.4 Å². The number of ether oxygens (including phenoxy) is 1. The van der Waals surface area contributed by atoms with Crippen molar-refractivity contribution in [3.05, 3.63) is 53.8 Å². The van der Waals surface area contributed by atoms with Crippen LogP contribution in [-0.4, -0.2) is 34.0 Å². The van der Waals surface area contributed by atoms with Crippen molar-refractivity contribution in [3.8, 4) is 5.75 Å². The standard InChI is InChI=1S/C20H19F4N5O2/c1-11(20(22,23)24)26-19-28-17(14-4-3-5-15(30)16(14)21)27-18(29-19)25-10-12-6-8-13(31-2)9-7-12/h6-9H,1,3-5,10H2,2H3,(H2,25,26,27,28,29). The first-order chi connectivity index (χ1) is 14.7. The lowest BCUT2D eigenvalue weighted by molar-refractivity contribution is -0.117. The van der Waals surface area contributed by atoms with Crippen LogP contribution in [-0.2, 0) is 11.3 Å². The number of Topliss-reactive ketones (excluding diaryl/α,β-unsaturated/α-hetero) is 1. The maximum Gasteiger partial charge on any atom is 0.430 e. The number of methoxy groups -OCH3 is 1. The molecule has 0 atom stereocenters. The maximum atomic E-state index is 14.3. The highest BCUT2D eigenvalue weighted by atomic mass is 19.4. The number of anilines is 2. The molecule has 0 radical (unpaired) electrons. The van der Waals surface area contributed by atoms with E-state index >= 15 is 0 Å². The van der Waals surface area contributed by atoms with E-state index in [9.17, 15) is 22.4 Å². The molecule has 31 heavy (non-hydrogen) atoms. The Balaban J connectivity index is 1.91. The quantitative estimate of drug-likeness (QED) is 0.620. The monoisotopic (exact) mass is 437 g/mol. The number of ketones is 1. The van der Waals surface area contributed by atoms with Crippen molar-refractivity contribution in [2.45, 2.75) is 32.0 Å². The molecule has 0 aliphatic heterocycles. The van der Waals surface area contributed by atoms with Gasteiger partial charge in [-0.25, -0.2) is 4.39 Å². The molecule has 164 valence electrons. The summed E-state index contributed by atoms with van der Waals surface area (Å²) in [4.78, 5) is 23.6. The smallest absolute Gasteiger partial charge is 0.430 e. The van der Waals surface area contributed by atoms with E-state index in [1.165, 1.54) is 7.11 Å². The van der Waals surface area contributed by atoms with E-state index < -0.39 is 29.4 Å². The van der Waals surface area contributed by atoms with E-state index in [-0.39, 0.29) is 36.7 Å². The van der Waals surface area contributed by atoms with Crippen molar-refractivity contribution in [3.63, 3.8) is 0 Å². The van der Waals surface area contributed by atoms with Crippen LogP contribution in [0.2, 0.25) is 0 Å². The average Bonchev–Trinajstić information content (AvgIpc) is 2.73. The molecular weight excluding hydrogens is 418 g/mol. The van der Waals surface area contributed by atoms with Crippen LogP contribution in [0.25, 0.3) is 5.57 Å². The predicted molar refractivity (Wildman–Crippen MR) is 106 cm³/mol. The topological polar surface area (TPSA) is 89.0 Å². The van der Waals surface area contributed by atoms with Crippen LogP contribution in [0.5, 0.6) is 5.75 Å². The zero-order valence-corrected chi connectivity index (χ0v) is 16.5. The number of nitrogens with one attached hydrogen (secondary N) is 2. The average molecular weight is 437 g/mol. The minimum Gasteiger partial charge on any atom is -0.497 e. The molecule has 0 saturated heterocycles. The van der Waals surface area contributed by atoms with Gasteiger partial charge in [-0.15, -0.1) is 0 Å². The fourth-order valence-electron chi connectivity index (χ4n) is 2.80. The van der Waals surface area contributed by atoms with Gasteiger partial charge in [0.15, 0.2) is 17.4 Å². The van der Waals surface area contributed by atoms with Crippen LogP contribution in [0, 0.1) is 0 Å². The fraction of sp³-hybridized carbons (Fsp3) is 0.300.